The third-order valence-corrected chi connectivity index (χ3v) is 7.28. The van der Waals surface area contributed by atoms with Crippen molar-refractivity contribution in [2.45, 2.75) is 24.3 Å². The number of fused-ring (bicyclic) bond motifs is 1. The number of carbonyl (C=O) groups is 5. The Hall–Kier alpha value is -4.58. The van der Waals surface area contributed by atoms with Gasteiger partial charge in [0.15, 0.2) is 0 Å². The van der Waals surface area contributed by atoms with Crippen LogP contribution in [0.3, 0.4) is 0 Å². The van der Waals surface area contributed by atoms with E-state index in [-0.39, 0.29) is 10.8 Å². The summed E-state index contributed by atoms with van der Waals surface area (Å²) in [7, 11) is -3.68. The number of ether oxygens (including phenoxy) is 1. The molecular formula is C27H34N4O12S. The molecule has 0 bridgehead atoms. The lowest BCUT2D eigenvalue weighted by Gasteiger charge is -2.34. The van der Waals surface area contributed by atoms with Gasteiger partial charge in [0.2, 0.25) is 15.9 Å². The first-order chi connectivity index (χ1) is 20.6. The first-order valence-corrected chi connectivity index (χ1v) is 14.7. The highest BCUT2D eigenvalue weighted by atomic mass is 32.2. The fraction of sp³-hybridized carbons (Fsp3) is 0.370. The van der Waals surface area contributed by atoms with E-state index in [0.717, 1.165) is 57.1 Å². The Balaban J connectivity index is 0.000000477. The van der Waals surface area contributed by atoms with Crippen molar-refractivity contribution < 1.29 is 57.6 Å². The zero-order chi connectivity index (χ0) is 32.9. The maximum absolute atomic E-state index is 12.3. The number of rotatable bonds is 8. The van der Waals surface area contributed by atoms with Gasteiger partial charge in [-0.3, -0.25) is 14.6 Å². The summed E-state index contributed by atoms with van der Waals surface area (Å²) in [5, 5.41) is 37.6. The lowest BCUT2D eigenvalue weighted by Crippen LogP contribution is -2.49. The van der Waals surface area contributed by atoms with Gasteiger partial charge in [-0.25, -0.2) is 32.7 Å². The quantitative estimate of drug-likeness (QED) is 0.191. The fourth-order valence-electron chi connectivity index (χ4n) is 4.15. The van der Waals surface area contributed by atoms with Crippen molar-refractivity contribution >= 4 is 39.8 Å². The summed E-state index contributed by atoms with van der Waals surface area (Å²) in [6.07, 6.45) is 1.63. The predicted octanol–water partition coefficient (Wildman–Crippen LogP) is -0.943. The van der Waals surface area contributed by atoms with Crippen LogP contribution in [-0.2, 0) is 53.4 Å². The number of carbonyl (C=O) groups excluding carboxylic acids is 1. The van der Waals surface area contributed by atoms with Gasteiger partial charge in [-0.05, 0) is 41.3 Å². The minimum Gasteiger partial charge on any atom is -0.493 e. The maximum Gasteiger partial charge on any atom is 0.414 e. The van der Waals surface area contributed by atoms with Gasteiger partial charge in [0.1, 0.15) is 5.75 Å². The van der Waals surface area contributed by atoms with Crippen molar-refractivity contribution in [3.63, 3.8) is 0 Å². The number of nitrogens with two attached hydrogens (primary N) is 1. The minimum absolute atomic E-state index is 0.0122. The van der Waals surface area contributed by atoms with E-state index in [1.54, 1.807) is 12.1 Å². The molecule has 2 aromatic carbocycles. The summed E-state index contributed by atoms with van der Waals surface area (Å²) >= 11 is 0. The number of sulfonamides is 1. The van der Waals surface area contributed by atoms with E-state index in [1.165, 1.54) is 23.3 Å². The van der Waals surface area contributed by atoms with E-state index >= 15 is 0 Å². The molecule has 44 heavy (non-hydrogen) atoms. The Kier molecular flexibility index (Phi) is 13.7. The normalized spacial score (nSPS) is 14.4. The number of benzene rings is 2. The Labute approximate surface area is 252 Å². The molecule has 1 amide bonds. The van der Waals surface area contributed by atoms with Crippen LogP contribution >= 0.6 is 0 Å². The molecule has 0 spiro atoms. The summed E-state index contributed by atoms with van der Waals surface area (Å²) in [5.41, 5.74) is 3.57. The number of nitrogens with zero attached hydrogens (tertiary/aromatic N) is 2. The summed E-state index contributed by atoms with van der Waals surface area (Å²) in [6.45, 7) is 6.24. The first-order valence-electron chi connectivity index (χ1n) is 13.2. The summed E-state index contributed by atoms with van der Waals surface area (Å²) < 4.78 is 28.2. The topological polar surface area (TPSA) is 254 Å². The molecular weight excluding hydrogens is 604 g/mol. The average Bonchev–Trinajstić information content (AvgIpc) is 3.42. The van der Waals surface area contributed by atoms with Crippen LogP contribution in [0.15, 0.2) is 47.4 Å². The van der Waals surface area contributed by atoms with Crippen LogP contribution in [0.4, 0.5) is 0 Å². The molecule has 1 saturated heterocycles. The van der Waals surface area contributed by atoms with Crippen molar-refractivity contribution in [3.05, 3.63) is 59.2 Å². The van der Waals surface area contributed by atoms with Crippen LogP contribution in [0.2, 0.25) is 0 Å². The van der Waals surface area contributed by atoms with Gasteiger partial charge in [-0.1, -0.05) is 24.3 Å². The van der Waals surface area contributed by atoms with E-state index in [1.807, 2.05) is 0 Å². The number of piperazine rings is 1. The molecule has 2 aliphatic rings. The summed E-state index contributed by atoms with van der Waals surface area (Å²) in [6, 6.07) is 12.9. The predicted molar refractivity (Wildman–Crippen MR) is 152 cm³/mol. The number of amides is 1. The maximum atomic E-state index is 12.3. The summed E-state index contributed by atoms with van der Waals surface area (Å²) in [5.74, 6) is -6.27. The van der Waals surface area contributed by atoms with Crippen LogP contribution in [-0.4, -0.2) is 114 Å². The number of carboxylic acids is 4. The Bertz CT molecular complexity index is 1390. The van der Waals surface area contributed by atoms with E-state index in [9.17, 15) is 13.2 Å². The number of aliphatic carboxylic acids is 4. The Morgan fingerprint density at radius 2 is 1.32 bits per heavy atom. The zero-order valence-electron chi connectivity index (χ0n) is 23.5. The van der Waals surface area contributed by atoms with Crippen LogP contribution in [0.5, 0.6) is 5.75 Å². The Morgan fingerprint density at radius 1 is 0.795 bits per heavy atom. The number of hydrogen-bond acceptors (Lipinski definition) is 10. The molecule has 0 radical (unpaired) electrons. The van der Waals surface area contributed by atoms with Crippen molar-refractivity contribution in [2.75, 3.05) is 45.9 Å². The van der Waals surface area contributed by atoms with E-state index in [0.29, 0.717) is 19.5 Å². The number of carboxylic acid groups (broad SMARTS) is 4. The molecule has 16 nitrogen and oxygen atoms in total. The van der Waals surface area contributed by atoms with Gasteiger partial charge in [0.05, 0.1) is 18.0 Å². The van der Waals surface area contributed by atoms with Gasteiger partial charge in [0, 0.05) is 45.7 Å². The van der Waals surface area contributed by atoms with Crippen molar-refractivity contribution in [1.82, 2.24) is 15.1 Å². The lowest BCUT2D eigenvalue weighted by molar-refractivity contribution is -0.159. The molecule has 2 heterocycles. The van der Waals surface area contributed by atoms with Crippen LogP contribution in [0.25, 0.3) is 0 Å². The summed E-state index contributed by atoms with van der Waals surface area (Å²) in [4.78, 5) is 53.4. The number of hydrogen-bond donors (Lipinski definition) is 6. The van der Waals surface area contributed by atoms with Crippen LogP contribution < -0.4 is 15.2 Å². The highest BCUT2D eigenvalue weighted by Gasteiger charge is 2.20. The highest BCUT2D eigenvalue weighted by molar-refractivity contribution is 7.89. The molecule has 17 heteroatoms. The largest absolute Gasteiger partial charge is 0.493 e. The molecule has 1 fully saturated rings. The van der Waals surface area contributed by atoms with Crippen LogP contribution in [0, 0.1) is 0 Å². The smallest absolute Gasteiger partial charge is 0.414 e. The van der Waals surface area contributed by atoms with Crippen molar-refractivity contribution in [1.29, 1.82) is 0 Å². The molecule has 0 unspecified atom stereocenters. The van der Waals surface area contributed by atoms with Gasteiger partial charge in [-0.15, -0.1) is 0 Å². The second-order valence-electron chi connectivity index (χ2n) is 9.60. The minimum atomic E-state index is -3.68. The molecule has 2 aromatic rings. The van der Waals surface area contributed by atoms with E-state index in [2.05, 4.69) is 33.3 Å². The highest BCUT2D eigenvalue weighted by Crippen LogP contribution is 2.26. The standard InChI is InChI=1S/C23H30N4O4S.2C2H2O4/c24-32(29,30)21-4-1-18(2-5-21)7-9-25-23(28)17-27-12-10-26(11-13-27)16-19-3-6-22-20(15-19)8-14-31-22;2*3-1(4)2(5)6/h1-6,15H,7-14,16-17H2,(H,25,28)(H2,24,29,30);2*(H,3,4)(H,5,6). The zero-order valence-corrected chi connectivity index (χ0v) is 24.4. The molecule has 240 valence electrons. The monoisotopic (exact) mass is 638 g/mol. The van der Waals surface area contributed by atoms with Gasteiger partial charge >= 0.3 is 23.9 Å². The molecule has 0 atom stereocenters. The molecule has 0 aromatic heterocycles. The van der Waals surface area contributed by atoms with Crippen molar-refractivity contribution in [2.24, 2.45) is 5.14 Å². The molecule has 4 rings (SSSR count). The van der Waals surface area contributed by atoms with E-state index in [4.69, 9.17) is 49.5 Å². The average molecular weight is 639 g/mol. The van der Waals surface area contributed by atoms with Gasteiger partial charge < -0.3 is 30.5 Å². The molecule has 0 saturated carbocycles. The second-order valence-corrected chi connectivity index (χ2v) is 11.2. The lowest BCUT2D eigenvalue weighted by atomic mass is 10.1. The fourth-order valence-corrected chi connectivity index (χ4v) is 4.67. The number of primary sulfonamides is 1. The Morgan fingerprint density at radius 3 is 1.84 bits per heavy atom. The third kappa shape index (κ3) is 12.7. The van der Waals surface area contributed by atoms with Crippen molar-refractivity contribution in [3.8, 4) is 5.75 Å². The molecule has 7 N–H and O–H groups in total. The van der Waals surface area contributed by atoms with Gasteiger partial charge in [-0.2, -0.15) is 0 Å². The van der Waals surface area contributed by atoms with Crippen LogP contribution in [0.1, 0.15) is 16.7 Å². The van der Waals surface area contributed by atoms with E-state index < -0.39 is 33.9 Å². The first kappa shape index (κ1) is 35.6. The number of nitrogens with one attached hydrogen (secondary N) is 1. The second kappa shape index (κ2) is 16.9. The molecule has 2 aliphatic heterocycles. The SMILES string of the molecule is NS(=O)(=O)c1ccc(CCNC(=O)CN2CCN(Cc3ccc4c(c3)CCO4)CC2)cc1.O=C(O)C(=O)O.O=C(O)C(=O)O. The third-order valence-electron chi connectivity index (χ3n) is 6.35. The van der Waals surface area contributed by atoms with Gasteiger partial charge in [0.25, 0.3) is 0 Å². The molecule has 0 aliphatic carbocycles.